The molecule has 0 fully saturated rings. The Bertz CT molecular complexity index is 473. The molecule has 0 spiro atoms. The van der Waals surface area contributed by atoms with Crippen LogP contribution in [0.25, 0.3) is 0 Å². The van der Waals surface area contributed by atoms with Gasteiger partial charge in [0.1, 0.15) is 0 Å². The van der Waals surface area contributed by atoms with Gasteiger partial charge < -0.3 is 20.5 Å². The number of aliphatic hydroxyl groups excluding tert-OH is 1. The lowest BCUT2D eigenvalue weighted by Gasteiger charge is -2.22. The number of esters is 1. The molecular formula is C15H22N2O4. The predicted octanol–water partition coefficient (Wildman–Crippen LogP) is 1.22. The SMILES string of the molecule is CNC(CCC(=O)OC)C(O)c1ccc(NC(C)=O)cc1. The van der Waals surface area contributed by atoms with Gasteiger partial charge in [0.15, 0.2) is 0 Å². The molecule has 21 heavy (non-hydrogen) atoms. The summed E-state index contributed by atoms with van der Waals surface area (Å²) in [6.07, 6.45) is -0.0353. The van der Waals surface area contributed by atoms with Crippen LogP contribution in [0.1, 0.15) is 31.4 Å². The fourth-order valence-corrected chi connectivity index (χ4v) is 2.03. The second kappa shape index (κ2) is 8.39. The Morgan fingerprint density at radius 3 is 2.38 bits per heavy atom. The number of anilines is 1. The first-order chi connectivity index (χ1) is 9.97. The summed E-state index contributed by atoms with van der Waals surface area (Å²) in [6, 6.07) is 6.70. The van der Waals surface area contributed by atoms with Crippen LogP contribution in [0.3, 0.4) is 0 Å². The van der Waals surface area contributed by atoms with E-state index in [0.29, 0.717) is 17.7 Å². The van der Waals surface area contributed by atoms with Crippen LogP contribution in [0.5, 0.6) is 0 Å². The number of nitrogens with one attached hydrogen (secondary N) is 2. The van der Waals surface area contributed by atoms with Gasteiger partial charge >= 0.3 is 5.97 Å². The highest BCUT2D eigenvalue weighted by molar-refractivity contribution is 5.88. The molecule has 0 aliphatic heterocycles. The third-order valence-electron chi connectivity index (χ3n) is 3.21. The van der Waals surface area contributed by atoms with E-state index in [-0.39, 0.29) is 24.3 Å². The first kappa shape index (κ1) is 17.1. The Kier molecular flexibility index (Phi) is 6.84. The van der Waals surface area contributed by atoms with Crippen molar-refractivity contribution >= 4 is 17.6 Å². The minimum absolute atomic E-state index is 0.144. The normalized spacial score (nSPS) is 13.3. The molecule has 0 saturated carbocycles. The van der Waals surface area contributed by atoms with Crippen molar-refractivity contribution in [3.63, 3.8) is 0 Å². The first-order valence-electron chi connectivity index (χ1n) is 6.77. The molecule has 0 heterocycles. The smallest absolute Gasteiger partial charge is 0.305 e. The van der Waals surface area contributed by atoms with E-state index in [9.17, 15) is 14.7 Å². The topological polar surface area (TPSA) is 87.7 Å². The second-order valence-corrected chi connectivity index (χ2v) is 4.76. The number of hydrogen-bond donors (Lipinski definition) is 3. The van der Waals surface area contributed by atoms with Crippen molar-refractivity contribution in [1.29, 1.82) is 0 Å². The Hall–Kier alpha value is -1.92. The average Bonchev–Trinajstić information content (AvgIpc) is 2.47. The lowest BCUT2D eigenvalue weighted by atomic mass is 9.98. The van der Waals surface area contributed by atoms with Crippen LogP contribution in [0.4, 0.5) is 5.69 Å². The second-order valence-electron chi connectivity index (χ2n) is 4.76. The van der Waals surface area contributed by atoms with Gasteiger partial charge in [0.05, 0.1) is 13.2 Å². The summed E-state index contributed by atoms with van der Waals surface area (Å²) in [7, 11) is 3.07. The van der Waals surface area contributed by atoms with Gasteiger partial charge in [0.2, 0.25) is 5.91 Å². The number of hydrogen-bond acceptors (Lipinski definition) is 5. The number of methoxy groups -OCH3 is 1. The van der Waals surface area contributed by atoms with E-state index in [0.717, 1.165) is 0 Å². The molecule has 6 nitrogen and oxygen atoms in total. The van der Waals surface area contributed by atoms with E-state index < -0.39 is 6.10 Å². The maximum absolute atomic E-state index is 11.2. The summed E-state index contributed by atoms with van der Waals surface area (Å²) in [6.45, 7) is 1.44. The number of aliphatic hydroxyl groups is 1. The zero-order valence-electron chi connectivity index (χ0n) is 12.6. The number of rotatable bonds is 7. The molecule has 1 aromatic carbocycles. The van der Waals surface area contributed by atoms with Gasteiger partial charge in [-0.25, -0.2) is 0 Å². The summed E-state index contributed by atoms with van der Waals surface area (Å²) in [5.74, 6) is -0.446. The van der Waals surface area contributed by atoms with Crippen molar-refractivity contribution in [3.05, 3.63) is 29.8 Å². The molecule has 2 atom stereocenters. The molecule has 0 saturated heterocycles. The maximum Gasteiger partial charge on any atom is 0.305 e. The standard InChI is InChI=1S/C15H22N2O4/c1-10(18)17-12-6-4-11(5-7-12)15(20)13(16-2)8-9-14(19)21-3/h4-7,13,15-16,20H,8-9H2,1-3H3,(H,17,18). The number of carbonyl (C=O) groups is 2. The fourth-order valence-electron chi connectivity index (χ4n) is 2.03. The molecule has 3 N–H and O–H groups in total. The van der Waals surface area contributed by atoms with Gasteiger partial charge in [-0.1, -0.05) is 12.1 Å². The predicted molar refractivity (Wildman–Crippen MR) is 79.8 cm³/mol. The molecule has 0 aromatic heterocycles. The molecule has 1 aromatic rings. The maximum atomic E-state index is 11.2. The van der Waals surface area contributed by atoms with Gasteiger partial charge in [-0.05, 0) is 31.2 Å². The van der Waals surface area contributed by atoms with Crippen molar-refractivity contribution in [2.24, 2.45) is 0 Å². The molecule has 0 radical (unpaired) electrons. The van der Waals surface area contributed by atoms with E-state index >= 15 is 0 Å². The zero-order chi connectivity index (χ0) is 15.8. The van der Waals surface area contributed by atoms with Gasteiger partial charge in [-0.2, -0.15) is 0 Å². The fraction of sp³-hybridized carbons (Fsp3) is 0.467. The summed E-state index contributed by atoms with van der Waals surface area (Å²) in [5.41, 5.74) is 1.39. The number of ether oxygens (including phenoxy) is 1. The van der Waals surface area contributed by atoms with Gasteiger partial charge in [0.25, 0.3) is 0 Å². The number of likely N-dealkylation sites (N-methyl/N-ethyl adjacent to an activating group) is 1. The Balaban J connectivity index is 2.68. The van der Waals surface area contributed by atoms with E-state index in [1.165, 1.54) is 14.0 Å². The van der Waals surface area contributed by atoms with Crippen LogP contribution in [0.2, 0.25) is 0 Å². The van der Waals surface area contributed by atoms with E-state index in [4.69, 9.17) is 0 Å². The summed E-state index contributed by atoms with van der Waals surface area (Å²) in [5, 5.41) is 16.0. The molecule has 2 unspecified atom stereocenters. The molecule has 0 aliphatic carbocycles. The minimum Gasteiger partial charge on any atom is -0.469 e. The Morgan fingerprint density at radius 1 is 1.29 bits per heavy atom. The molecule has 6 heteroatoms. The molecule has 1 rings (SSSR count). The van der Waals surface area contributed by atoms with Crippen molar-refractivity contribution in [3.8, 4) is 0 Å². The van der Waals surface area contributed by atoms with Crippen molar-refractivity contribution in [2.45, 2.75) is 31.9 Å². The molecule has 1 amide bonds. The monoisotopic (exact) mass is 294 g/mol. The lowest BCUT2D eigenvalue weighted by Crippen LogP contribution is -2.32. The van der Waals surface area contributed by atoms with E-state index in [1.807, 2.05) is 0 Å². The van der Waals surface area contributed by atoms with Crippen LogP contribution < -0.4 is 10.6 Å². The largest absolute Gasteiger partial charge is 0.469 e. The zero-order valence-corrected chi connectivity index (χ0v) is 12.6. The van der Waals surface area contributed by atoms with E-state index in [1.54, 1.807) is 31.3 Å². The van der Waals surface area contributed by atoms with Crippen molar-refractivity contribution < 1.29 is 19.4 Å². The quantitative estimate of drug-likeness (QED) is 0.658. The highest BCUT2D eigenvalue weighted by atomic mass is 16.5. The Morgan fingerprint density at radius 2 is 1.90 bits per heavy atom. The summed E-state index contributed by atoms with van der Waals surface area (Å²) in [4.78, 5) is 22.1. The summed E-state index contributed by atoms with van der Waals surface area (Å²) < 4.78 is 4.59. The minimum atomic E-state index is -0.744. The van der Waals surface area contributed by atoms with Crippen LogP contribution in [0, 0.1) is 0 Å². The van der Waals surface area contributed by atoms with Gasteiger partial charge in [0, 0.05) is 25.1 Å². The number of benzene rings is 1. The van der Waals surface area contributed by atoms with Gasteiger partial charge in [-0.3, -0.25) is 9.59 Å². The molecule has 0 bridgehead atoms. The van der Waals surface area contributed by atoms with Crippen molar-refractivity contribution in [1.82, 2.24) is 5.32 Å². The molecule has 0 aliphatic rings. The number of carbonyl (C=O) groups excluding carboxylic acids is 2. The van der Waals surface area contributed by atoms with Crippen LogP contribution >= 0.6 is 0 Å². The number of amides is 1. The third-order valence-corrected chi connectivity index (χ3v) is 3.21. The van der Waals surface area contributed by atoms with Crippen LogP contribution in [0.15, 0.2) is 24.3 Å². The van der Waals surface area contributed by atoms with Crippen molar-refractivity contribution in [2.75, 3.05) is 19.5 Å². The average molecular weight is 294 g/mol. The highest BCUT2D eigenvalue weighted by Crippen LogP contribution is 2.21. The van der Waals surface area contributed by atoms with Crippen LogP contribution in [-0.4, -0.2) is 37.2 Å². The first-order valence-corrected chi connectivity index (χ1v) is 6.77. The molecular weight excluding hydrogens is 272 g/mol. The van der Waals surface area contributed by atoms with E-state index in [2.05, 4.69) is 15.4 Å². The summed E-state index contributed by atoms with van der Waals surface area (Å²) >= 11 is 0. The van der Waals surface area contributed by atoms with Gasteiger partial charge in [-0.15, -0.1) is 0 Å². The lowest BCUT2D eigenvalue weighted by molar-refractivity contribution is -0.141. The van der Waals surface area contributed by atoms with Crippen LogP contribution in [-0.2, 0) is 14.3 Å². The Labute approximate surface area is 124 Å². The molecule has 116 valence electrons. The third kappa shape index (κ3) is 5.53. The highest BCUT2D eigenvalue weighted by Gasteiger charge is 2.20.